The van der Waals surface area contributed by atoms with Crippen molar-refractivity contribution in [3.63, 3.8) is 0 Å². The van der Waals surface area contributed by atoms with Crippen molar-refractivity contribution in [3.8, 4) is 5.75 Å². The molecule has 0 heterocycles. The molecule has 0 fully saturated rings. The van der Waals surface area contributed by atoms with E-state index in [4.69, 9.17) is 4.74 Å². The first-order valence-corrected chi connectivity index (χ1v) is 6.19. The molecule has 0 saturated carbocycles. The smallest absolute Gasteiger partial charge is 0.306 e. The van der Waals surface area contributed by atoms with Crippen molar-refractivity contribution in [2.24, 2.45) is 0 Å². The van der Waals surface area contributed by atoms with E-state index >= 15 is 0 Å². The highest BCUT2D eigenvalue weighted by atomic mass is 79.9. The molecule has 0 aliphatic rings. The summed E-state index contributed by atoms with van der Waals surface area (Å²) in [7, 11) is 0. The average Bonchev–Trinajstić information content (AvgIpc) is 2.39. The van der Waals surface area contributed by atoms with E-state index in [1.807, 2.05) is 0 Å². The molecule has 0 bridgehead atoms. The van der Waals surface area contributed by atoms with Gasteiger partial charge in [-0.15, -0.1) is 0 Å². The molecular weight excluding hydrogens is 302 g/mol. The molecule has 0 aliphatic heterocycles. The summed E-state index contributed by atoms with van der Waals surface area (Å²) in [6.07, 6.45) is 0. The molecule has 0 aromatic heterocycles. The van der Waals surface area contributed by atoms with Gasteiger partial charge in [-0.3, -0.25) is 0 Å². The fourth-order valence-electron chi connectivity index (χ4n) is 1.50. The first-order chi connectivity index (χ1) is 8.59. The van der Waals surface area contributed by atoms with Crippen LogP contribution < -0.4 is 4.74 Å². The van der Waals surface area contributed by atoms with Gasteiger partial charge in [0, 0.05) is 5.56 Å². The van der Waals surface area contributed by atoms with E-state index in [9.17, 15) is 8.78 Å². The molecule has 1 nitrogen and oxygen atoms in total. The minimum absolute atomic E-state index is 0.0444. The van der Waals surface area contributed by atoms with Gasteiger partial charge in [-0.2, -0.15) is 8.78 Å². The molecule has 4 heteroatoms. The lowest BCUT2D eigenvalue weighted by molar-refractivity contribution is -0.0469. The second-order valence-electron chi connectivity index (χ2n) is 3.79. The SMILES string of the molecule is FC(F)(COc1ccccc1Br)c1ccccc1. The minimum Gasteiger partial charge on any atom is -0.486 e. The number of alkyl halides is 2. The van der Waals surface area contributed by atoms with Crippen LogP contribution in [0.5, 0.6) is 5.75 Å². The lowest BCUT2D eigenvalue weighted by atomic mass is 10.1. The van der Waals surface area contributed by atoms with Crippen molar-refractivity contribution in [3.05, 3.63) is 64.6 Å². The normalized spacial score (nSPS) is 11.3. The van der Waals surface area contributed by atoms with Crippen LogP contribution in [0.25, 0.3) is 0 Å². The Bertz CT molecular complexity index is 514. The van der Waals surface area contributed by atoms with Crippen LogP contribution in [0.2, 0.25) is 0 Å². The Labute approximate surface area is 113 Å². The molecular formula is C14H11BrF2O. The fraction of sp³-hybridized carbons (Fsp3) is 0.143. The van der Waals surface area contributed by atoms with Crippen molar-refractivity contribution in [2.45, 2.75) is 5.92 Å². The van der Waals surface area contributed by atoms with Gasteiger partial charge in [0.25, 0.3) is 0 Å². The molecule has 94 valence electrons. The van der Waals surface area contributed by atoms with Crippen LogP contribution in [-0.4, -0.2) is 6.61 Å². The van der Waals surface area contributed by atoms with E-state index < -0.39 is 12.5 Å². The third-order valence-corrected chi connectivity index (χ3v) is 3.10. The van der Waals surface area contributed by atoms with Gasteiger partial charge in [0.1, 0.15) is 5.75 Å². The van der Waals surface area contributed by atoms with Gasteiger partial charge in [-0.25, -0.2) is 0 Å². The number of benzene rings is 2. The quantitative estimate of drug-likeness (QED) is 0.800. The predicted molar refractivity (Wildman–Crippen MR) is 70.0 cm³/mol. The number of para-hydroxylation sites is 1. The standard InChI is InChI=1S/C14H11BrF2O/c15-12-8-4-5-9-13(12)18-10-14(16,17)11-6-2-1-3-7-11/h1-9H,10H2. The lowest BCUT2D eigenvalue weighted by Crippen LogP contribution is -2.23. The molecule has 0 atom stereocenters. The van der Waals surface area contributed by atoms with Gasteiger partial charge in [-0.1, -0.05) is 42.5 Å². The highest BCUT2D eigenvalue weighted by Gasteiger charge is 2.32. The number of hydrogen-bond donors (Lipinski definition) is 0. The first-order valence-electron chi connectivity index (χ1n) is 5.40. The van der Waals surface area contributed by atoms with Crippen molar-refractivity contribution in [1.82, 2.24) is 0 Å². The van der Waals surface area contributed by atoms with Gasteiger partial charge in [0.05, 0.1) is 4.47 Å². The number of rotatable bonds is 4. The van der Waals surface area contributed by atoms with E-state index in [1.54, 1.807) is 42.5 Å². The molecule has 2 aromatic rings. The summed E-state index contributed by atoms with van der Waals surface area (Å²) in [6.45, 7) is -0.681. The summed E-state index contributed by atoms with van der Waals surface area (Å²) in [5.41, 5.74) is -0.0444. The zero-order valence-corrected chi connectivity index (χ0v) is 11.0. The van der Waals surface area contributed by atoms with Crippen molar-refractivity contribution in [1.29, 1.82) is 0 Å². The molecule has 2 aromatic carbocycles. The summed E-state index contributed by atoms with van der Waals surface area (Å²) in [4.78, 5) is 0. The Balaban J connectivity index is 2.08. The Morgan fingerprint density at radius 2 is 1.56 bits per heavy atom. The molecule has 0 unspecified atom stereocenters. The summed E-state index contributed by atoms with van der Waals surface area (Å²) in [5.74, 6) is -2.59. The zero-order valence-electron chi connectivity index (χ0n) is 9.45. The van der Waals surface area contributed by atoms with Crippen LogP contribution in [0, 0.1) is 0 Å². The summed E-state index contributed by atoms with van der Waals surface area (Å²) < 4.78 is 33.5. The van der Waals surface area contributed by atoms with Crippen molar-refractivity contribution < 1.29 is 13.5 Å². The fourth-order valence-corrected chi connectivity index (χ4v) is 1.89. The maximum atomic E-state index is 13.8. The van der Waals surface area contributed by atoms with Gasteiger partial charge in [0.15, 0.2) is 6.61 Å². The Morgan fingerprint density at radius 1 is 0.944 bits per heavy atom. The maximum Gasteiger partial charge on any atom is 0.306 e. The van der Waals surface area contributed by atoms with Gasteiger partial charge < -0.3 is 4.74 Å². The summed E-state index contributed by atoms with van der Waals surface area (Å²) >= 11 is 3.25. The molecule has 2 rings (SSSR count). The summed E-state index contributed by atoms with van der Waals surface area (Å²) in [5, 5.41) is 0. The van der Waals surface area contributed by atoms with E-state index in [1.165, 1.54) is 12.1 Å². The molecule has 0 saturated heterocycles. The number of halogens is 3. The van der Waals surface area contributed by atoms with E-state index in [2.05, 4.69) is 15.9 Å². The largest absolute Gasteiger partial charge is 0.486 e. The molecule has 0 radical (unpaired) electrons. The van der Waals surface area contributed by atoms with Crippen molar-refractivity contribution >= 4 is 15.9 Å². The van der Waals surface area contributed by atoms with E-state index in [0.29, 0.717) is 10.2 Å². The van der Waals surface area contributed by atoms with Crippen LogP contribution >= 0.6 is 15.9 Å². The first kappa shape index (κ1) is 13.0. The second-order valence-corrected chi connectivity index (χ2v) is 4.64. The second kappa shape index (κ2) is 5.48. The molecule has 0 N–H and O–H groups in total. The molecule has 0 aliphatic carbocycles. The minimum atomic E-state index is -3.00. The van der Waals surface area contributed by atoms with Crippen LogP contribution in [0.15, 0.2) is 59.1 Å². The van der Waals surface area contributed by atoms with Gasteiger partial charge >= 0.3 is 5.92 Å². The lowest BCUT2D eigenvalue weighted by Gasteiger charge is -2.17. The number of hydrogen-bond acceptors (Lipinski definition) is 1. The molecule has 18 heavy (non-hydrogen) atoms. The van der Waals surface area contributed by atoms with E-state index in [0.717, 1.165) is 0 Å². The van der Waals surface area contributed by atoms with Crippen LogP contribution in [-0.2, 0) is 5.92 Å². The molecule has 0 amide bonds. The highest BCUT2D eigenvalue weighted by molar-refractivity contribution is 9.10. The van der Waals surface area contributed by atoms with Gasteiger partial charge in [-0.05, 0) is 28.1 Å². The third kappa shape index (κ3) is 3.07. The predicted octanol–water partition coefficient (Wildman–Crippen LogP) is 4.62. The maximum absolute atomic E-state index is 13.8. The monoisotopic (exact) mass is 312 g/mol. The number of ether oxygens (including phenoxy) is 1. The Kier molecular flexibility index (Phi) is 3.97. The van der Waals surface area contributed by atoms with Crippen LogP contribution in [0.4, 0.5) is 8.78 Å². The summed E-state index contributed by atoms with van der Waals surface area (Å²) in [6, 6.07) is 14.6. The molecule has 0 spiro atoms. The average molecular weight is 313 g/mol. The Hall–Kier alpha value is -1.42. The van der Waals surface area contributed by atoms with Crippen LogP contribution in [0.3, 0.4) is 0 Å². The van der Waals surface area contributed by atoms with Crippen LogP contribution in [0.1, 0.15) is 5.56 Å². The topological polar surface area (TPSA) is 9.23 Å². The highest BCUT2D eigenvalue weighted by Crippen LogP contribution is 2.30. The van der Waals surface area contributed by atoms with Gasteiger partial charge in [0.2, 0.25) is 0 Å². The van der Waals surface area contributed by atoms with E-state index in [-0.39, 0.29) is 5.56 Å². The Morgan fingerprint density at radius 3 is 2.22 bits per heavy atom. The zero-order chi connectivity index (χ0) is 13.0. The third-order valence-electron chi connectivity index (χ3n) is 2.44. The van der Waals surface area contributed by atoms with Crippen molar-refractivity contribution in [2.75, 3.05) is 6.61 Å².